The molecule has 2 atom stereocenters. The number of carbonyl (C=O) groups excluding carboxylic acids is 1. The zero-order valence-corrected chi connectivity index (χ0v) is 18.2. The highest BCUT2D eigenvalue weighted by Gasteiger charge is 2.35. The van der Waals surface area contributed by atoms with Gasteiger partial charge in [-0.2, -0.15) is 13.2 Å². The van der Waals surface area contributed by atoms with Crippen LogP contribution in [0.15, 0.2) is 42.5 Å². The number of nitrogens with zero attached hydrogens (tertiary/aromatic N) is 2. The van der Waals surface area contributed by atoms with Gasteiger partial charge in [-0.3, -0.25) is 4.90 Å². The van der Waals surface area contributed by atoms with E-state index in [1.807, 2.05) is 13.8 Å². The van der Waals surface area contributed by atoms with Gasteiger partial charge in [0.15, 0.2) is 0 Å². The molecule has 0 spiro atoms. The van der Waals surface area contributed by atoms with E-state index in [-0.39, 0.29) is 43.1 Å². The number of amides is 2. The minimum atomic E-state index is -4.69. The standard InChI is InChI=1S/C22H22ClF3N2O4/c1-13-10-27(11-14(2)32-13)21(31)28(12-15-3-5-16(6-4-15)20(29)30)17-7-8-19(23)18(9-17)22(24,25)26/h3-9,13-14H,10-12H2,1-2H3,(H,29,30). The summed E-state index contributed by atoms with van der Waals surface area (Å²) in [6.45, 7) is 4.15. The Balaban J connectivity index is 1.99. The number of aromatic carboxylic acids is 1. The number of urea groups is 1. The van der Waals surface area contributed by atoms with Gasteiger partial charge in [0, 0.05) is 18.8 Å². The Labute approximate surface area is 188 Å². The number of carboxylic acid groups (broad SMARTS) is 1. The van der Waals surface area contributed by atoms with Gasteiger partial charge in [0.05, 0.1) is 34.9 Å². The van der Waals surface area contributed by atoms with Crippen molar-refractivity contribution in [1.29, 1.82) is 0 Å². The van der Waals surface area contributed by atoms with E-state index in [2.05, 4.69) is 0 Å². The van der Waals surface area contributed by atoms with Gasteiger partial charge in [-0.25, -0.2) is 9.59 Å². The van der Waals surface area contributed by atoms with Crippen LogP contribution in [0.25, 0.3) is 0 Å². The second-order valence-electron chi connectivity index (χ2n) is 7.70. The molecule has 0 aliphatic carbocycles. The Hall–Kier alpha value is -2.78. The van der Waals surface area contributed by atoms with E-state index in [1.165, 1.54) is 40.1 Å². The number of hydrogen-bond donors (Lipinski definition) is 1. The van der Waals surface area contributed by atoms with E-state index in [0.29, 0.717) is 5.56 Å². The first-order chi connectivity index (χ1) is 15.0. The summed E-state index contributed by atoms with van der Waals surface area (Å²) in [5.74, 6) is -1.10. The van der Waals surface area contributed by atoms with Crippen molar-refractivity contribution >= 4 is 29.3 Å². The second-order valence-corrected chi connectivity index (χ2v) is 8.10. The third-order valence-electron chi connectivity index (χ3n) is 5.03. The van der Waals surface area contributed by atoms with Gasteiger partial charge < -0.3 is 14.7 Å². The molecule has 2 unspecified atom stereocenters. The molecule has 2 amide bonds. The first-order valence-electron chi connectivity index (χ1n) is 9.86. The number of alkyl halides is 3. The highest BCUT2D eigenvalue weighted by molar-refractivity contribution is 6.31. The lowest BCUT2D eigenvalue weighted by Crippen LogP contribution is -2.52. The third kappa shape index (κ3) is 5.52. The Morgan fingerprint density at radius 3 is 2.25 bits per heavy atom. The maximum absolute atomic E-state index is 13.4. The van der Waals surface area contributed by atoms with Gasteiger partial charge in [-0.05, 0) is 49.7 Å². The van der Waals surface area contributed by atoms with E-state index in [1.54, 1.807) is 0 Å². The molecule has 1 aliphatic heterocycles. The normalized spacial score (nSPS) is 19.0. The summed E-state index contributed by atoms with van der Waals surface area (Å²) in [5.41, 5.74) is -0.394. The molecule has 3 rings (SSSR count). The minimum Gasteiger partial charge on any atom is -0.478 e. The second kappa shape index (κ2) is 9.38. The molecular weight excluding hydrogens is 449 g/mol. The molecule has 0 aromatic heterocycles. The van der Waals surface area contributed by atoms with E-state index in [0.717, 1.165) is 12.1 Å². The lowest BCUT2D eigenvalue weighted by molar-refractivity contribution is -0.137. The molecule has 172 valence electrons. The number of morpholine rings is 1. The Morgan fingerprint density at radius 1 is 1.12 bits per heavy atom. The highest BCUT2D eigenvalue weighted by atomic mass is 35.5. The lowest BCUT2D eigenvalue weighted by Gasteiger charge is -2.38. The number of carbonyl (C=O) groups is 2. The maximum atomic E-state index is 13.4. The first kappa shape index (κ1) is 23.9. The summed E-state index contributed by atoms with van der Waals surface area (Å²) >= 11 is 5.75. The zero-order chi connectivity index (χ0) is 23.6. The number of ether oxygens (including phenoxy) is 1. The average Bonchev–Trinajstić information content (AvgIpc) is 2.71. The molecule has 6 nitrogen and oxygen atoms in total. The van der Waals surface area contributed by atoms with Crippen molar-refractivity contribution in [3.8, 4) is 0 Å². The molecule has 2 aromatic rings. The van der Waals surface area contributed by atoms with E-state index in [9.17, 15) is 22.8 Å². The van der Waals surface area contributed by atoms with Gasteiger partial charge >= 0.3 is 18.2 Å². The predicted octanol–water partition coefficient (Wildman–Crippen LogP) is 5.29. The van der Waals surface area contributed by atoms with Crippen LogP contribution in [-0.4, -0.2) is 47.3 Å². The zero-order valence-electron chi connectivity index (χ0n) is 17.4. The van der Waals surface area contributed by atoms with Crippen LogP contribution in [0.5, 0.6) is 0 Å². The number of rotatable bonds is 4. The minimum absolute atomic E-state index is 0.0286. The molecule has 10 heteroatoms. The van der Waals surface area contributed by atoms with Gasteiger partial charge in [-0.15, -0.1) is 0 Å². The number of benzene rings is 2. The van der Waals surface area contributed by atoms with Crippen LogP contribution in [0, 0.1) is 0 Å². The van der Waals surface area contributed by atoms with Crippen molar-refractivity contribution in [3.05, 3.63) is 64.2 Å². The highest BCUT2D eigenvalue weighted by Crippen LogP contribution is 2.37. The molecule has 0 radical (unpaired) electrons. The fourth-order valence-corrected chi connectivity index (χ4v) is 3.83. The SMILES string of the molecule is CC1CN(C(=O)N(Cc2ccc(C(=O)O)cc2)c2ccc(Cl)c(C(F)(F)F)c2)CC(C)O1. The summed E-state index contributed by atoms with van der Waals surface area (Å²) < 4.78 is 45.9. The fraction of sp³-hybridized carbons (Fsp3) is 0.364. The molecule has 0 saturated carbocycles. The van der Waals surface area contributed by atoms with Gasteiger partial charge in [0.2, 0.25) is 0 Å². The van der Waals surface area contributed by atoms with Crippen LogP contribution in [-0.2, 0) is 17.5 Å². The van der Waals surface area contributed by atoms with E-state index >= 15 is 0 Å². The summed E-state index contributed by atoms with van der Waals surface area (Å²) in [5, 5.41) is 8.61. The Kier molecular flexibility index (Phi) is 7.00. The van der Waals surface area contributed by atoms with Crippen LogP contribution in [0.1, 0.15) is 35.3 Å². The number of halogens is 4. The molecule has 2 aromatic carbocycles. The van der Waals surface area contributed by atoms with E-state index < -0.39 is 28.8 Å². The molecule has 1 heterocycles. The molecular formula is C22H22ClF3N2O4. The lowest BCUT2D eigenvalue weighted by atomic mass is 10.1. The monoisotopic (exact) mass is 470 g/mol. The quantitative estimate of drug-likeness (QED) is 0.659. The van der Waals surface area contributed by atoms with Gasteiger partial charge in [-0.1, -0.05) is 23.7 Å². The van der Waals surface area contributed by atoms with Crippen molar-refractivity contribution in [3.63, 3.8) is 0 Å². The maximum Gasteiger partial charge on any atom is 0.417 e. The first-order valence-corrected chi connectivity index (χ1v) is 10.2. The number of carboxylic acids is 1. The van der Waals surface area contributed by atoms with Crippen molar-refractivity contribution < 1.29 is 32.6 Å². The van der Waals surface area contributed by atoms with Crippen molar-refractivity contribution in [2.75, 3.05) is 18.0 Å². The third-order valence-corrected chi connectivity index (χ3v) is 5.36. The molecule has 0 bridgehead atoms. The molecule has 32 heavy (non-hydrogen) atoms. The predicted molar refractivity (Wildman–Crippen MR) is 113 cm³/mol. The van der Waals surface area contributed by atoms with Crippen LogP contribution in [0.2, 0.25) is 5.02 Å². The van der Waals surface area contributed by atoms with Crippen LogP contribution >= 0.6 is 11.6 Å². The number of anilines is 1. The largest absolute Gasteiger partial charge is 0.478 e. The van der Waals surface area contributed by atoms with Crippen molar-refractivity contribution in [1.82, 2.24) is 4.90 Å². The molecule has 1 fully saturated rings. The van der Waals surface area contributed by atoms with Crippen molar-refractivity contribution in [2.24, 2.45) is 0 Å². The summed E-state index contributed by atoms with van der Waals surface area (Å²) in [6, 6.07) is 8.63. The molecule has 1 aliphatic rings. The van der Waals surface area contributed by atoms with Crippen LogP contribution in [0.3, 0.4) is 0 Å². The summed E-state index contributed by atoms with van der Waals surface area (Å²) in [6.07, 6.45) is -5.14. The molecule has 1 N–H and O–H groups in total. The Morgan fingerprint density at radius 2 is 1.72 bits per heavy atom. The Bertz CT molecular complexity index is 988. The average molecular weight is 471 g/mol. The van der Waals surface area contributed by atoms with Crippen molar-refractivity contribution in [2.45, 2.75) is 38.8 Å². The fourth-order valence-electron chi connectivity index (χ4n) is 3.61. The smallest absolute Gasteiger partial charge is 0.417 e. The topological polar surface area (TPSA) is 70.1 Å². The van der Waals surface area contributed by atoms with Crippen LogP contribution in [0.4, 0.5) is 23.7 Å². The summed E-state index contributed by atoms with van der Waals surface area (Å²) in [4.78, 5) is 27.3. The van der Waals surface area contributed by atoms with Gasteiger partial charge in [0.1, 0.15) is 0 Å². The summed E-state index contributed by atoms with van der Waals surface area (Å²) in [7, 11) is 0. The molecule has 1 saturated heterocycles. The number of hydrogen-bond acceptors (Lipinski definition) is 3. The van der Waals surface area contributed by atoms with Crippen LogP contribution < -0.4 is 4.90 Å². The van der Waals surface area contributed by atoms with Gasteiger partial charge in [0.25, 0.3) is 0 Å². The van der Waals surface area contributed by atoms with E-state index in [4.69, 9.17) is 21.4 Å².